The van der Waals surface area contributed by atoms with E-state index in [0.29, 0.717) is 174 Å². The van der Waals surface area contributed by atoms with Crippen molar-refractivity contribution < 1.29 is 68.9 Å². The number of amides is 4. The topological polar surface area (TPSA) is 380 Å². The maximum absolute atomic E-state index is 15.3. The molecule has 4 amide bonds. The van der Waals surface area contributed by atoms with Crippen molar-refractivity contribution in [1.29, 1.82) is 15.8 Å². The zero-order valence-corrected chi connectivity index (χ0v) is 72.5. The highest BCUT2D eigenvalue weighted by Crippen LogP contribution is 2.44. The molecule has 0 aliphatic carbocycles. The molecule has 131 heavy (non-hydrogen) atoms. The molecule has 0 radical (unpaired) electrons. The number of halogens is 7. The van der Waals surface area contributed by atoms with Crippen LogP contribution in [0.2, 0.25) is 0 Å². The zero-order valence-electron chi connectivity index (χ0n) is 72.5. The van der Waals surface area contributed by atoms with E-state index in [9.17, 15) is 56.9 Å². The number of ether oxygens (including phenoxy) is 4. The lowest BCUT2D eigenvalue weighted by atomic mass is 9.99. The highest BCUT2D eigenvalue weighted by atomic mass is 19.4. The van der Waals surface area contributed by atoms with Crippen LogP contribution in [0.15, 0.2) is 104 Å². The Hall–Kier alpha value is -14.5. The molecule has 0 unspecified atom stereocenters. The van der Waals surface area contributed by atoms with Crippen LogP contribution in [0.5, 0.6) is 0 Å². The maximum Gasteiger partial charge on any atom is 0.435 e. The lowest BCUT2D eigenvalue weighted by Crippen LogP contribution is -2.37. The lowest BCUT2D eigenvalue weighted by Gasteiger charge is -2.31. The molecule has 16 heterocycles. The average molecular weight is 1800 g/mol. The van der Waals surface area contributed by atoms with Crippen LogP contribution in [-0.2, 0) is 124 Å². The molecule has 12 aromatic rings. The van der Waals surface area contributed by atoms with Crippen molar-refractivity contribution >= 4 is 69.6 Å². The summed E-state index contributed by atoms with van der Waals surface area (Å²) in [6.45, 7) is 14.9. The summed E-state index contributed by atoms with van der Waals surface area (Å²) in [5.74, 6) is 0.702. The molecule has 0 bridgehead atoms. The molecule has 0 spiro atoms. The van der Waals surface area contributed by atoms with Crippen LogP contribution >= 0.6 is 0 Å². The van der Waals surface area contributed by atoms with Gasteiger partial charge in [-0.3, -0.25) is 56.6 Å². The molecule has 4 fully saturated rings. The Morgan fingerprint density at radius 3 is 1.07 bits per heavy atom. The molecule has 4 aromatic carbocycles. The Morgan fingerprint density at radius 2 is 0.740 bits per heavy atom. The number of nitriles is 3. The summed E-state index contributed by atoms with van der Waals surface area (Å²) in [7, 11) is 6.67. The number of aromatic nitrogens is 16. The minimum atomic E-state index is -4.78. The van der Waals surface area contributed by atoms with Crippen molar-refractivity contribution in [2.75, 3.05) is 100 Å². The molecule has 4 N–H and O–H groups in total. The fourth-order valence-electron chi connectivity index (χ4n) is 17.1. The number of carbonyl (C=O) groups is 4. The van der Waals surface area contributed by atoms with Gasteiger partial charge in [-0.2, -0.15) is 69.7 Å². The molecular weight excluding hydrogens is 1710 g/mol. The Kier molecular flexibility index (Phi) is 24.7. The van der Waals surface area contributed by atoms with Crippen molar-refractivity contribution in [3.63, 3.8) is 0 Å². The van der Waals surface area contributed by atoms with Gasteiger partial charge in [0.15, 0.2) is 29.0 Å². The average Bonchev–Trinajstić information content (AvgIpc) is 1.63. The highest BCUT2D eigenvalue weighted by molar-refractivity contribution is 5.82. The summed E-state index contributed by atoms with van der Waals surface area (Å²) < 4.78 is 134. The number of nitrogens with zero attached hydrogens (tertiary/aromatic N) is 23. The Labute approximate surface area is 745 Å². The van der Waals surface area contributed by atoms with E-state index in [1.807, 2.05) is 61.1 Å². The first-order valence-electron chi connectivity index (χ1n) is 42.3. The van der Waals surface area contributed by atoms with Crippen LogP contribution < -0.4 is 21.3 Å². The summed E-state index contributed by atoms with van der Waals surface area (Å²) >= 11 is 0. The van der Waals surface area contributed by atoms with E-state index in [1.165, 1.54) is 39.1 Å². The first kappa shape index (κ1) is 88.5. The third-order valence-electron chi connectivity index (χ3n) is 24.3. The summed E-state index contributed by atoms with van der Waals surface area (Å²) in [6.07, 6.45) is 6.62. The molecule has 8 aliphatic rings. The van der Waals surface area contributed by atoms with Gasteiger partial charge in [0.2, 0.25) is 23.6 Å². The minimum absolute atomic E-state index is 0.00198. The van der Waals surface area contributed by atoms with E-state index < -0.39 is 35.5 Å². The minimum Gasteiger partial charge on any atom is -0.377 e. The number of anilines is 8. The number of fused-ring (bicyclic) bond motifs is 4. The number of nitrogens with one attached hydrogen (secondary N) is 4. The maximum atomic E-state index is 15.3. The van der Waals surface area contributed by atoms with Gasteiger partial charge >= 0.3 is 6.18 Å². The van der Waals surface area contributed by atoms with Crippen molar-refractivity contribution in [1.82, 2.24) is 97.8 Å². The molecule has 678 valence electrons. The molecule has 4 saturated heterocycles. The molecule has 0 atom stereocenters. The van der Waals surface area contributed by atoms with Gasteiger partial charge in [0.25, 0.3) is 6.43 Å². The van der Waals surface area contributed by atoms with Crippen LogP contribution in [0.25, 0.3) is 44.5 Å². The predicted molar refractivity (Wildman–Crippen MR) is 459 cm³/mol. The SMILES string of the molecule is CC(=O)N1CCc2c(c(Nc3cc(C#N)c(-c4cn(C)nc4C(F)(F)F)cc3F)nn2C2COC2)C1.CC(=O)N1CCc2c(c(Nc3cc(C#N)c(-c4cnn(C)c4)cc3F)nn2C2COC2)C1.CC(=O)N1CCc2c(c(Nc3ccc(-c4cnn(C)c4)c(C#N)c3)nn2C2COC2)C1.CC(=O)N1CCc2c(c(Nc3ccc(-c4cnn(C)c4)c(C(F)F)c3)nn2C2COC2)C1. The summed E-state index contributed by atoms with van der Waals surface area (Å²) in [5, 5.41) is 76.4. The zero-order chi connectivity index (χ0) is 92.1. The predicted octanol–water partition coefficient (Wildman–Crippen LogP) is 11.9. The summed E-state index contributed by atoms with van der Waals surface area (Å²) in [4.78, 5) is 54.8. The van der Waals surface area contributed by atoms with Crippen LogP contribution in [0.3, 0.4) is 0 Å². The van der Waals surface area contributed by atoms with Gasteiger partial charge in [-0.15, -0.1) is 0 Å². The quantitative estimate of drug-likeness (QED) is 0.0615. The second kappa shape index (κ2) is 36.5. The van der Waals surface area contributed by atoms with Crippen LogP contribution in [-0.4, -0.2) is 201 Å². The molecular formula is C89H90F7N27O8. The summed E-state index contributed by atoms with van der Waals surface area (Å²) in [6, 6.07) is 22.3. The monoisotopic (exact) mass is 1800 g/mol. The van der Waals surface area contributed by atoms with Gasteiger partial charge < -0.3 is 59.8 Å². The molecule has 42 heteroatoms. The number of hydrogen-bond donors (Lipinski definition) is 4. The number of benzene rings is 4. The van der Waals surface area contributed by atoms with E-state index in [1.54, 1.807) is 99.8 Å². The molecule has 8 aliphatic heterocycles. The largest absolute Gasteiger partial charge is 0.435 e. The normalized spacial score (nSPS) is 15.9. The second-order valence-corrected chi connectivity index (χ2v) is 33.1. The van der Waals surface area contributed by atoms with Crippen LogP contribution in [0, 0.1) is 45.6 Å². The van der Waals surface area contributed by atoms with E-state index in [-0.39, 0.29) is 82.4 Å². The Balaban J connectivity index is 0.000000122. The number of carbonyl (C=O) groups excluding carboxylic acids is 4. The fourth-order valence-corrected chi connectivity index (χ4v) is 17.1. The van der Waals surface area contributed by atoms with Crippen molar-refractivity contribution in [3.05, 3.63) is 189 Å². The summed E-state index contributed by atoms with van der Waals surface area (Å²) in [5.41, 5.74) is 11.8. The Bertz CT molecular complexity index is 6570. The van der Waals surface area contributed by atoms with Crippen molar-refractivity contribution in [3.8, 4) is 62.7 Å². The van der Waals surface area contributed by atoms with E-state index >= 15 is 8.78 Å². The van der Waals surface area contributed by atoms with Gasteiger partial charge in [-0.25, -0.2) is 17.6 Å². The standard InChI is InChI=1S/C23H21F4N7O2.C22H24F2N6O2.C22H22FN7O2.C22H23N7O2/c1-12(35)33-4-3-20-17(9-33)22(31-34(20)14-10-36-11-14)29-19-5-13(7-28)15(6-18(19)24)16-8-32(2)30-21(16)23(25,26)27;1-13(31)29-6-5-20-19(10-29)22(27-30(20)16-11-32-12-16)26-15-3-4-17(18(7-15)21(23)24)14-8-25-28(2)9-14;1-13(31)29-4-3-21-18(10-29)22(27-30(21)16-11-32-12-16)26-20-5-14(7-24)17(6-19(20)23)15-8-25-28(2)9-15;1-14(30)28-6-5-21-20(11-28)22(26-29(21)18-12-31-13-18)25-17-3-4-19(15(7-17)8-23)16-9-24-27(2)10-16/h5-6,8,14H,3-4,9-11H2,1-2H3,(H,29,31);3-4,7-9,16,21H,5-6,10-12H2,1-2H3,(H,26,27);5-6,8-9,16H,3-4,10-12H2,1-2H3,(H,26,27);3-4,7,9-10,18H,5-6,11-13H2,1-2H3,(H,25,26). The third-order valence-corrected chi connectivity index (χ3v) is 24.3. The Morgan fingerprint density at radius 1 is 0.412 bits per heavy atom. The number of alkyl halides is 5. The van der Waals surface area contributed by atoms with Gasteiger partial charge in [0, 0.05) is 233 Å². The van der Waals surface area contributed by atoms with Gasteiger partial charge in [-0.05, 0) is 54.1 Å². The third kappa shape index (κ3) is 18.1. The van der Waals surface area contributed by atoms with Gasteiger partial charge in [-0.1, -0.05) is 12.1 Å². The van der Waals surface area contributed by atoms with Crippen molar-refractivity contribution in [2.24, 2.45) is 28.2 Å². The van der Waals surface area contributed by atoms with E-state index in [0.717, 1.165) is 97.1 Å². The van der Waals surface area contributed by atoms with Crippen molar-refractivity contribution in [2.45, 2.75) is 116 Å². The van der Waals surface area contributed by atoms with Crippen LogP contribution in [0.4, 0.5) is 76.8 Å². The fraction of sp³-hybridized carbons (Fsp3) is 0.382. The molecule has 35 nitrogen and oxygen atoms in total. The van der Waals surface area contributed by atoms with E-state index in [4.69, 9.17) is 34.2 Å². The number of rotatable bonds is 17. The number of aryl methyl sites for hydroxylation is 4. The molecule has 0 saturated carbocycles. The smallest absolute Gasteiger partial charge is 0.377 e. The molecule has 20 rings (SSSR count). The molecule has 8 aromatic heterocycles. The number of hydrogen-bond acceptors (Lipinski definition) is 23. The lowest BCUT2D eigenvalue weighted by molar-refractivity contribution is -0.141. The second-order valence-electron chi connectivity index (χ2n) is 33.1. The first-order valence-corrected chi connectivity index (χ1v) is 42.3. The highest BCUT2D eigenvalue weighted by Gasteiger charge is 2.41. The van der Waals surface area contributed by atoms with Gasteiger partial charge in [0.1, 0.15) is 11.6 Å². The van der Waals surface area contributed by atoms with E-state index in [2.05, 4.69) is 58.9 Å². The van der Waals surface area contributed by atoms with Gasteiger partial charge in [0.05, 0.1) is 168 Å². The first-order chi connectivity index (χ1) is 62.9. The van der Waals surface area contributed by atoms with Crippen LogP contribution in [0.1, 0.15) is 131 Å².